The first-order chi connectivity index (χ1) is 10.7. The van der Waals surface area contributed by atoms with Crippen LogP contribution in [0, 0.1) is 5.92 Å². The molecule has 4 heteroatoms. The first kappa shape index (κ1) is 15.3. The molecule has 0 radical (unpaired) electrons. The minimum absolute atomic E-state index is 0.200. The van der Waals surface area contributed by atoms with Gasteiger partial charge in [0.25, 0.3) is 0 Å². The minimum atomic E-state index is 0.200. The van der Waals surface area contributed by atoms with Crippen molar-refractivity contribution in [2.45, 2.75) is 19.9 Å². The summed E-state index contributed by atoms with van der Waals surface area (Å²) < 4.78 is 3.32. The molecular formula is C18H19BrN2O. The molecule has 0 bridgehead atoms. The molecule has 0 aliphatic carbocycles. The van der Waals surface area contributed by atoms with Crippen LogP contribution in [-0.2, 0) is 13.0 Å². The lowest BCUT2D eigenvalue weighted by atomic mass is 10.1. The number of halogens is 1. The van der Waals surface area contributed by atoms with E-state index in [4.69, 9.17) is 0 Å². The molecule has 0 saturated heterocycles. The van der Waals surface area contributed by atoms with E-state index in [1.54, 1.807) is 6.20 Å². The van der Waals surface area contributed by atoms with Crippen molar-refractivity contribution in [3.63, 3.8) is 0 Å². The maximum Gasteiger partial charge on any atom is 0.0494 e. The molecule has 0 unspecified atom stereocenters. The molecule has 114 valence electrons. The zero-order chi connectivity index (χ0) is 15.5. The van der Waals surface area contributed by atoms with Gasteiger partial charge in [0.15, 0.2) is 0 Å². The van der Waals surface area contributed by atoms with Crippen molar-refractivity contribution in [3.8, 4) is 0 Å². The smallest absolute Gasteiger partial charge is 0.0494 e. The fraction of sp³-hybridized carbons (Fsp3) is 0.278. The second kappa shape index (κ2) is 6.63. The van der Waals surface area contributed by atoms with Crippen molar-refractivity contribution in [1.82, 2.24) is 9.55 Å². The van der Waals surface area contributed by atoms with Crippen LogP contribution in [-0.4, -0.2) is 21.3 Å². The number of aromatic nitrogens is 2. The molecule has 0 aliphatic heterocycles. The molecule has 0 amide bonds. The Kier molecular flexibility index (Phi) is 4.60. The molecule has 1 N–H and O–H groups in total. The van der Waals surface area contributed by atoms with Gasteiger partial charge in [0, 0.05) is 53.5 Å². The van der Waals surface area contributed by atoms with Gasteiger partial charge in [0.2, 0.25) is 0 Å². The Hall–Kier alpha value is -1.65. The predicted octanol–water partition coefficient (Wildman–Crippen LogP) is 4.02. The van der Waals surface area contributed by atoms with Crippen LogP contribution in [0.2, 0.25) is 0 Å². The predicted molar refractivity (Wildman–Crippen MR) is 92.9 cm³/mol. The van der Waals surface area contributed by atoms with Crippen LogP contribution in [0.15, 0.2) is 53.4 Å². The maximum absolute atomic E-state index is 9.33. The van der Waals surface area contributed by atoms with E-state index >= 15 is 0 Å². The highest BCUT2D eigenvalue weighted by Gasteiger charge is 2.11. The van der Waals surface area contributed by atoms with E-state index in [0.717, 1.165) is 17.4 Å². The third-order valence-electron chi connectivity index (χ3n) is 3.86. The number of pyridine rings is 1. The molecule has 1 aromatic carbocycles. The van der Waals surface area contributed by atoms with Gasteiger partial charge < -0.3 is 9.67 Å². The van der Waals surface area contributed by atoms with Crippen LogP contribution in [0.4, 0.5) is 0 Å². The number of fused-ring (bicyclic) bond motifs is 1. The second-order valence-electron chi connectivity index (χ2n) is 5.79. The molecule has 0 spiro atoms. The third-order valence-corrected chi connectivity index (χ3v) is 4.36. The van der Waals surface area contributed by atoms with Crippen molar-refractivity contribution >= 4 is 26.8 Å². The van der Waals surface area contributed by atoms with Crippen LogP contribution in [0.1, 0.15) is 18.1 Å². The lowest BCUT2D eigenvalue weighted by Crippen LogP contribution is -2.10. The van der Waals surface area contributed by atoms with Gasteiger partial charge in [0.05, 0.1) is 0 Å². The van der Waals surface area contributed by atoms with Crippen molar-refractivity contribution in [2.75, 3.05) is 6.61 Å². The lowest BCUT2D eigenvalue weighted by Gasteiger charge is -2.10. The number of hydrogen-bond acceptors (Lipinski definition) is 2. The van der Waals surface area contributed by atoms with E-state index in [2.05, 4.69) is 62.9 Å². The molecular weight excluding hydrogens is 340 g/mol. The Morgan fingerprint density at radius 2 is 2.18 bits per heavy atom. The lowest BCUT2D eigenvalue weighted by molar-refractivity contribution is 0.224. The van der Waals surface area contributed by atoms with Crippen molar-refractivity contribution < 1.29 is 5.11 Å². The van der Waals surface area contributed by atoms with Gasteiger partial charge in [0.1, 0.15) is 0 Å². The van der Waals surface area contributed by atoms with Crippen molar-refractivity contribution in [3.05, 3.63) is 64.5 Å². The van der Waals surface area contributed by atoms with E-state index in [9.17, 15) is 5.11 Å². The number of rotatable bonds is 5. The van der Waals surface area contributed by atoms with Gasteiger partial charge in [-0.2, -0.15) is 0 Å². The van der Waals surface area contributed by atoms with Gasteiger partial charge in [-0.25, -0.2) is 0 Å². The Morgan fingerprint density at radius 1 is 1.32 bits per heavy atom. The molecule has 3 rings (SSSR count). The second-order valence-corrected chi connectivity index (χ2v) is 6.71. The summed E-state index contributed by atoms with van der Waals surface area (Å²) >= 11 is 3.55. The highest BCUT2D eigenvalue weighted by Crippen LogP contribution is 2.27. The molecule has 3 nitrogen and oxygen atoms in total. The van der Waals surface area contributed by atoms with Gasteiger partial charge in [-0.05, 0) is 35.2 Å². The van der Waals surface area contributed by atoms with Gasteiger partial charge in [-0.3, -0.25) is 4.98 Å². The zero-order valence-corrected chi connectivity index (χ0v) is 14.1. The number of aliphatic hydroxyl groups is 1. The summed E-state index contributed by atoms with van der Waals surface area (Å²) in [7, 11) is 0. The summed E-state index contributed by atoms with van der Waals surface area (Å²) in [4.78, 5) is 4.20. The van der Waals surface area contributed by atoms with E-state index in [0.29, 0.717) is 0 Å². The van der Waals surface area contributed by atoms with Crippen molar-refractivity contribution in [1.29, 1.82) is 0 Å². The summed E-state index contributed by atoms with van der Waals surface area (Å²) in [6, 6.07) is 10.5. The molecule has 0 saturated carbocycles. The van der Waals surface area contributed by atoms with Crippen LogP contribution in [0.25, 0.3) is 10.9 Å². The fourth-order valence-corrected chi connectivity index (χ4v) is 3.10. The average Bonchev–Trinajstić information content (AvgIpc) is 2.85. The summed E-state index contributed by atoms with van der Waals surface area (Å²) in [5, 5.41) is 10.6. The first-order valence-electron chi connectivity index (χ1n) is 7.44. The number of benzene rings is 1. The van der Waals surface area contributed by atoms with Gasteiger partial charge in [-0.15, -0.1) is 0 Å². The topological polar surface area (TPSA) is 38.0 Å². The highest BCUT2D eigenvalue weighted by molar-refractivity contribution is 9.10. The third kappa shape index (κ3) is 3.23. The summed E-state index contributed by atoms with van der Waals surface area (Å²) in [6.45, 7) is 3.08. The monoisotopic (exact) mass is 358 g/mol. The quantitative estimate of drug-likeness (QED) is 0.747. The Labute approximate surface area is 138 Å². The largest absolute Gasteiger partial charge is 0.396 e. The first-order valence-corrected chi connectivity index (χ1v) is 8.23. The Bertz CT molecular complexity index is 767. The molecule has 2 heterocycles. The van der Waals surface area contributed by atoms with E-state index in [-0.39, 0.29) is 12.5 Å². The average molecular weight is 359 g/mol. The normalized spacial score (nSPS) is 12.7. The van der Waals surface area contributed by atoms with E-state index in [1.165, 1.54) is 22.0 Å². The van der Waals surface area contributed by atoms with Gasteiger partial charge >= 0.3 is 0 Å². The minimum Gasteiger partial charge on any atom is -0.396 e. The summed E-state index contributed by atoms with van der Waals surface area (Å²) in [5.41, 5.74) is 3.70. The standard InChI is InChI=1S/C18H19BrN2O/c1-13(12-22)10-21-11-15(7-14-3-2-6-20-9-14)17-5-4-16(19)8-18(17)21/h2-6,8-9,11,13,22H,7,10,12H2,1H3/t13-/m0/s1. The number of hydrogen-bond donors (Lipinski definition) is 1. The summed E-state index contributed by atoms with van der Waals surface area (Å²) in [6.07, 6.45) is 6.79. The Morgan fingerprint density at radius 3 is 2.91 bits per heavy atom. The van der Waals surface area contributed by atoms with E-state index < -0.39 is 0 Å². The fourth-order valence-electron chi connectivity index (χ4n) is 2.75. The molecule has 22 heavy (non-hydrogen) atoms. The zero-order valence-electron chi connectivity index (χ0n) is 12.5. The molecule has 3 aromatic rings. The number of nitrogens with zero attached hydrogens (tertiary/aromatic N) is 2. The molecule has 0 fully saturated rings. The van der Waals surface area contributed by atoms with Crippen LogP contribution >= 0.6 is 15.9 Å². The molecule has 2 aromatic heterocycles. The van der Waals surface area contributed by atoms with E-state index in [1.807, 2.05) is 12.3 Å². The molecule has 1 atom stereocenters. The Balaban J connectivity index is 2.03. The number of aliphatic hydroxyl groups excluding tert-OH is 1. The van der Waals surface area contributed by atoms with Gasteiger partial charge in [-0.1, -0.05) is 35.0 Å². The van der Waals surface area contributed by atoms with Crippen molar-refractivity contribution in [2.24, 2.45) is 5.92 Å². The summed E-state index contributed by atoms with van der Waals surface area (Å²) in [5.74, 6) is 0.237. The van der Waals surface area contributed by atoms with Crippen LogP contribution in [0.5, 0.6) is 0 Å². The maximum atomic E-state index is 9.33. The molecule has 0 aliphatic rings. The van der Waals surface area contributed by atoms with Crippen LogP contribution < -0.4 is 0 Å². The SMILES string of the molecule is C[C@H](CO)Cn1cc(Cc2cccnc2)c2ccc(Br)cc21. The van der Waals surface area contributed by atoms with Crippen LogP contribution in [0.3, 0.4) is 0 Å². The highest BCUT2D eigenvalue weighted by atomic mass is 79.9.